The van der Waals surface area contributed by atoms with Crippen LogP contribution < -0.4 is 0 Å². The lowest BCUT2D eigenvalue weighted by Gasteiger charge is -2.22. The van der Waals surface area contributed by atoms with Gasteiger partial charge in [0.25, 0.3) is 5.91 Å². The van der Waals surface area contributed by atoms with Crippen molar-refractivity contribution < 1.29 is 22.5 Å². The molecule has 0 aliphatic carbocycles. The minimum atomic E-state index is -4.66. The molecule has 0 radical (unpaired) electrons. The normalized spacial score (nSPS) is 11.9. The van der Waals surface area contributed by atoms with Gasteiger partial charge in [-0.05, 0) is 45.4 Å². The summed E-state index contributed by atoms with van der Waals surface area (Å²) in [5.41, 5.74) is -0.160. The van der Waals surface area contributed by atoms with Gasteiger partial charge in [0.2, 0.25) is 0 Å². The van der Waals surface area contributed by atoms with Crippen molar-refractivity contribution in [2.45, 2.75) is 46.5 Å². The van der Waals surface area contributed by atoms with Crippen molar-refractivity contribution in [3.8, 4) is 11.3 Å². The van der Waals surface area contributed by atoms with E-state index in [2.05, 4.69) is 10.1 Å². The molecule has 3 aromatic heterocycles. The molecule has 0 unspecified atom stereocenters. The van der Waals surface area contributed by atoms with Crippen LogP contribution in [-0.2, 0) is 12.7 Å². The minimum Gasteiger partial charge on any atom is -0.361 e. The Labute approximate surface area is 182 Å². The van der Waals surface area contributed by atoms with Gasteiger partial charge in [-0.3, -0.25) is 9.78 Å². The molecule has 0 aromatic carbocycles. The lowest BCUT2D eigenvalue weighted by Crippen LogP contribution is -2.30. The summed E-state index contributed by atoms with van der Waals surface area (Å²) in [6.45, 7) is 6.35. The van der Waals surface area contributed by atoms with Gasteiger partial charge < -0.3 is 14.0 Å². The number of pyridine rings is 1. The molecular formula is C21H22ClF3N4O2. The molecule has 0 fully saturated rings. The summed E-state index contributed by atoms with van der Waals surface area (Å²) in [7, 11) is 1.51. The van der Waals surface area contributed by atoms with Gasteiger partial charge in [-0.25, -0.2) is 0 Å². The van der Waals surface area contributed by atoms with Crippen molar-refractivity contribution in [3.05, 3.63) is 57.8 Å². The molecule has 0 saturated heterocycles. The number of carbonyl (C=O) groups excluding carboxylic acids is 1. The second-order valence-electron chi connectivity index (χ2n) is 7.61. The Bertz CT molecular complexity index is 1100. The zero-order valence-corrected chi connectivity index (χ0v) is 18.5. The lowest BCUT2D eigenvalue weighted by molar-refractivity contribution is -0.144. The van der Waals surface area contributed by atoms with Crippen LogP contribution in [0.15, 0.2) is 28.9 Å². The molecule has 0 saturated carbocycles. The molecule has 0 aliphatic heterocycles. The monoisotopic (exact) mass is 454 g/mol. The number of rotatable bonds is 5. The minimum absolute atomic E-state index is 0.0648. The van der Waals surface area contributed by atoms with Gasteiger partial charge in [0.1, 0.15) is 22.8 Å². The van der Waals surface area contributed by atoms with Crippen LogP contribution in [0, 0.1) is 13.8 Å². The van der Waals surface area contributed by atoms with E-state index in [1.807, 2.05) is 0 Å². The Hall–Kier alpha value is -2.81. The Kier molecular flexibility index (Phi) is 6.18. The number of hydrogen-bond acceptors (Lipinski definition) is 4. The van der Waals surface area contributed by atoms with E-state index < -0.39 is 23.8 Å². The van der Waals surface area contributed by atoms with Crippen molar-refractivity contribution in [2.75, 3.05) is 7.05 Å². The first-order chi connectivity index (χ1) is 14.4. The zero-order chi connectivity index (χ0) is 23.1. The number of amides is 1. The fraction of sp³-hybridized carbons (Fsp3) is 0.381. The van der Waals surface area contributed by atoms with Gasteiger partial charge in [-0.1, -0.05) is 16.8 Å². The van der Waals surface area contributed by atoms with Gasteiger partial charge in [0.05, 0.1) is 17.3 Å². The van der Waals surface area contributed by atoms with Gasteiger partial charge in [0.15, 0.2) is 0 Å². The van der Waals surface area contributed by atoms with Crippen LogP contribution >= 0.6 is 11.6 Å². The predicted octanol–water partition coefficient (Wildman–Crippen LogP) is 5.68. The first-order valence-electron chi connectivity index (χ1n) is 9.53. The molecule has 0 bridgehead atoms. The average Bonchev–Trinajstić information content (AvgIpc) is 3.22. The second-order valence-corrected chi connectivity index (χ2v) is 8.05. The summed E-state index contributed by atoms with van der Waals surface area (Å²) < 4.78 is 48.2. The fourth-order valence-electron chi connectivity index (χ4n) is 3.61. The maximum atomic E-state index is 14.0. The summed E-state index contributed by atoms with van der Waals surface area (Å²) in [5, 5.41) is 4.20. The van der Waals surface area contributed by atoms with Gasteiger partial charge in [-0.2, -0.15) is 13.2 Å². The summed E-state index contributed by atoms with van der Waals surface area (Å²) in [5.74, 6) is -0.0117. The standard InChI is InChI=1S/C21H22ClF3N4O2/c1-11(2)29-18(20(30)28(5)10-15-8-12(3)31-27-15)17(13(4)19(29)21(23,24)25)16-7-6-14(22)9-26-16/h6-9,11H,10H2,1-5H3. The summed E-state index contributed by atoms with van der Waals surface area (Å²) >= 11 is 5.90. The number of halogens is 4. The number of alkyl halides is 3. The number of nitrogens with zero attached hydrogens (tertiary/aromatic N) is 4. The Morgan fingerprint density at radius 2 is 1.97 bits per heavy atom. The van der Waals surface area contributed by atoms with E-state index in [0.717, 1.165) is 4.57 Å². The summed E-state index contributed by atoms with van der Waals surface area (Å²) in [6, 6.07) is 4.07. The SMILES string of the molecule is Cc1cc(CN(C)C(=O)c2c(-c3ccc(Cl)cn3)c(C)c(C(F)(F)F)n2C(C)C)no1. The smallest absolute Gasteiger partial charge is 0.361 e. The molecule has 6 nitrogen and oxygen atoms in total. The van der Waals surface area contributed by atoms with E-state index >= 15 is 0 Å². The number of hydrogen-bond donors (Lipinski definition) is 0. The van der Waals surface area contributed by atoms with E-state index in [9.17, 15) is 18.0 Å². The summed E-state index contributed by atoms with van der Waals surface area (Å²) in [6.07, 6.45) is -3.32. The largest absolute Gasteiger partial charge is 0.431 e. The third kappa shape index (κ3) is 4.46. The van der Waals surface area contributed by atoms with Crippen LogP contribution in [0.1, 0.15) is 53.1 Å². The highest BCUT2D eigenvalue weighted by Crippen LogP contribution is 2.42. The van der Waals surface area contributed by atoms with Crippen molar-refractivity contribution >= 4 is 17.5 Å². The fourth-order valence-corrected chi connectivity index (χ4v) is 3.72. The maximum absolute atomic E-state index is 14.0. The maximum Gasteiger partial charge on any atom is 0.431 e. The Balaban J connectivity index is 2.22. The summed E-state index contributed by atoms with van der Waals surface area (Å²) in [4.78, 5) is 19.0. The quantitative estimate of drug-likeness (QED) is 0.497. The van der Waals surface area contributed by atoms with Crippen LogP contribution in [-0.4, -0.2) is 32.6 Å². The van der Waals surface area contributed by atoms with Crippen LogP contribution in [0.25, 0.3) is 11.3 Å². The van der Waals surface area contributed by atoms with Crippen molar-refractivity contribution in [1.82, 2.24) is 19.6 Å². The molecule has 0 aliphatic rings. The van der Waals surface area contributed by atoms with Crippen LogP contribution in [0.2, 0.25) is 5.02 Å². The highest BCUT2D eigenvalue weighted by Gasteiger charge is 2.42. The molecule has 3 rings (SSSR count). The number of aromatic nitrogens is 3. The third-order valence-electron chi connectivity index (χ3n) is 4.84. The van der Waals surface area contributed by atoms with E-state index in [4.69, 9.17) is 16.1 Å². The predicted molar refractivity (Wildman–Crippen MR) is 110 cm³/mol. The van der Waals surface area contributed by atoms with Crippen LogP contribution in [0.3, 0.4) is 0 Å². The van der Waals surface area contributed by atoms with Gasteiger partial charge in [-0.15, -0.1) is 0 Å². The van der Waals surface area contributed by atoms with E-state index in [0.29, 0.717) is 16.5 Å². The molecule has 0 N–H and O–H groups in total. The Morgan fingerprint density at radius 3 is 2.45 bits per heavy atom. The molecule has 0 atom stereocenters. The van der Waals surface area contributed by atoms with Gasteiger partial charge >= 0.3 is 6.18 Å². The molecule has 0 spiro atoms. The average molecular weight is 455 g/mol. The Morgan fingerprint density at radius 1 is 1.29 bits per heavy atom. The zero-order valence-electron chi connectivity index (χ0n) is 17.7. The third-order valence-corrected chi connectivity index (χ3v) is 5.07. The number of aryl methyl sites for hydroxylation is 1. The first-order valence-corrected chi connectivity index (χ1v) is 9.91. The molecule has 166 valence electrons. The van der Waals surface area contributed by atoms with E-state index in [-0.39, 0.29) is 29.1 Å². The van der Waals surface area contributed by atoms with Crippen molar-refractivity contribution in [2.24, 2.45) is 0 Å². The molecule has 3 heterocycles. The molecular weight excluding hydrogens is 433 g/mol. The molecule has 3 aromatic rings. The topological polar surface area (TPSA) is 64.2 Å². The highest BCUT2D eigenvalue weighted by atomic mass is 35.5. The highest BCUT2D eigenvalue weighted by molar-refractivity contribution is 6.30. The first kappa shape index (κ1) is 22.9. The van der Waals surface area contributed by atoms with Crippen LogP contribution in [0.4, 0.5) is 13.2 Å². The number of carbonyl (C=O) groups is 1. The van der Waals surface area contributed by atoms with E-state index in [1.165, 1.54) is 37.2 Å². The molecule has 1 amide bonds. The van der Waals surface area contributed by atoms with E-state index in [1.54, 1.807) is 26.8 Å². The van der Waals surface area contributed by atoms with Crippen LogP contribution in [0.5, 0.6) is 0 Å². The lowest BCUT2D eigenvalue weighted by atomic mass is 10.0. The molecule has 10 heteroatoms. The second kappa shape index (κ2) is 8.37. The van der Waals surface area contributed by atoms with Crippen molar-refractivity contribution in [3.63, 3.8) is 0 Å². The molecule has 31 heavy (non-hydrogen) atoms. The van der Waals surface area contributed by atoms with Gasteiger partial charge in [0, 0.05) is 30.9 Å². The van der Waals surface area contributed by atoms with Crippen molar-refractivity contribution in [1.29, 1.82) is 0 Å².